The van der Waals surface area contributed by atoms with E-state index < -0.39 is 0 Å². The lowest BCUT2D eigenvalue weighted by Crippen LogP contribution is -2.32. The fourth-order valence-electron chi connectivity index (χ4n) is 2.26. The zero-order chi connectivity index (χ0) is 10.7. The van der Waals surface area contributed by atoms with Crippen LogP contribution in [0.2, 0.25) is 0 Å². The number of carbonyl (C=O) groups excluding carboxylic acids is 1. The molecule has 1 aliphatic heterocycles. The molecule has 0 spiro atoms. The molecule has 2 heterocycles. The van der Waals surface area contributed by atoms with Crippen LogP contribution in [0.4, 0.5) is 0 Å². The summed E-state index contributed by atoms with van der Waals surface area (Å²) in [4.78, 5) is 17.1. The van der Waals surface area contributed by atoms with Crippen molar-refractivity contribution in [3.63, 3.8) is 0 Å². The lowest BCUT2D eigenvalue weighted by Gasteiger charge is -2.33. The van der Waals surface area contributed by atoms with E-state index in [4.69, 9.17) is 0 Å². The lowest BCUT2D eigenvalue weighted by molar-refractivity contribution is -0.121. The Hall–Kier alpha value is -1.38. The first-order chi connectivity index (χ1) is 7.33. The average Bonchev–Trinajstić information content (AvgIpc) is 2.30. The van der Waals surface area contributed by atoms with Crippen molar-refractivity contribution in [3.8, 4) is 0 Å². The lowest BCUT2D eigenvalue weighted by atomic mass is 9.95. The first-order valence-corrected chi connectivity index (χ1v) is 5.45. The van der Waals surface area contributed by atoms with E-state index in [-0.39, 0.29) is 6.04 Å². The van der Waals surface area contributed by atoms with Crippen LogP contribution in [-0.2, 0) is 4.79 Å². The average molecular weight is 204 g/mol. The van der Waals surface area contributed by atoms with E-state index in [2.05, 4.69) is 11.1 Å². The fraction of sp³-hybridized carbons (Fsp3) is 0.500. The molecule has 0 N–H and O–H groups in total. The number of hydrogen-bond acceptors (Lipinski definition) is 2. The highest BCUT2D eigenvalue weighted by atomic mass is 16.1. The summed E-state index contributed by atoms with van der Waals surface area (Å²) >= 11 is 0. The number of hydrogen-bond donors (Lipinski definition) is 0. The minimum atomic E-state index is 0.241. The summed E-state index contributed by atoms with van der Waals surface area (Å²) < 4.78 is 0. The summed E-state index contributed by atoms with van der Waals surface area (Å²) in [6, 6.07) is 4.26. The maximum absolute atomic E-state index is 11.0. The molecule has 0 aromatic carbocycles. The molecule has 0 radical (unpaired) electrons. The normalized spacial score (nSPS) is 21.4. The number of rotatable bonds is 2. The van der Waals surface area contributed by atoms with E-state index in [9.17, 15) is 4.79 Å². The number of carbonyl (C=O) groups is 1. The smallest absolute Gasteiger partial charge is 0.210 e. The Bertz CT molecular complexity index is 351. The topological polar surface area (TPSA) is 33.2 Å². The van der Waals surface area contributed by atoms with Gasteiger partial charge >= 0.3 is 0 Å². The predicted octanol–water partition coefficient (Wildman–Crippen LogP) is 2.07. The summed E-state index contributed by atoms with van der Waals surface area (Å²) in [5.41, 5.74) is 2.24. The summed E-state index contributed by atoms with van der Waals surface area (Å²) in [6.07, 6.45) is 6.15. The molecule has 3 heteroatoms. The summed E-state index contributed by atoms with van der Waals surface area (Å²) in [6.45, 7) is 2.88. The Balaban J connectivity index is 2.28. The Morgan fingerprint density at radius 2 is 2.40 bits per heavy atom. The van der Waals surface area contributed by atoms with Gasteiger partial charge in [-0.2, -0.15) is 0 Å². The Kier molecular flexibility index (Phi) is 2.99. The van der Waals surface area contributed by atoms with Crippen molar-refractivity contribution in [3.05, 3.63) is 29.6 Å². The Morgan fingerprint density at radius 1 is 1.53 bits per heavy atom. The number of aromatic nitrogens is 1. The van der Waals surface area contributed by atoms with Crippen molar-refractivity contribution in [1.29, 1.82) is 0 Å². The van der Waals surface area contributed by atoms with Gasteiger partial charge in [0.25, 0.3) is 0 Å². The second-order valence-corrected chi connectivity index (χ2v) is 4.03. The molecule has 1 fully saturated rings. The maximum atomic E-state index is 11.0. The molecule has 1 aliphatic rings. The van der Waals surface area contributed by atoms with Crippen LogP contribution in [0, 0.1) is 6.92 Å². The molecule has 1 amide bonds. The number of amides is 1. The van der Waals surface area contributed by atoms with Crippen LogP contribution < -0.4 is 0 Å². The Labute approximate surface area is 90.1 Å². The third-order valence-corrected chi connectivity index (χ3v) is 3.09. The molecule has 1 atom stereocenters. The van der Waals surface area contributed by atoms with Gasteiger partial charge in [-0.05, 0) is 37.8 Å². The van der Waals surface area contributed by atoms with Gasteiger partial charge in [0.2, 0.25) is 6.41 Å². The highest BCUT2D eigenvalue weighted by Crippen LogP contribution is 2.30. The molecule has 0 saturated carbocycles. The minimum Gasteiger partial charge on any atom is -0.338 e. The zero-order valence-electron chi connectivity index (χ0n) is 9.02. The van der Waals surface area contributed by atoms with Crippen LogP contribution in [-0.4, -0.2) is 22.8 Å². The van der Waals surface area contributed by atoms with Gasteiger partial charge in [0, 0.05) is 18.4 Å². The van der Waals surface area contributed by atoms with Gasteiger partial charge in [-0.25, -0.2) is 0 Å². The molecule has 0 bridgehead atoms. The van der Waals surface area contributed by atoms with Crippen LogP contribution in [0.15, 0.2) is 18.3 Å². The standard InChI is InChI=1S/C12H16N2O/c1-10-11(5-4-7-13-10)12-6-2-3-8-14(12)9-15/h4-5,7,9,12H,2-3,6,8H2,1H3/t12-/m1/s1. The predicted molar refractivity (Wildman–Crippen MR) is 58.3 cm³/mol. The van der Waals surface area contributed by atoms with E-state index >= 15 is 0 Å². The van der Waals surface area contributed by atoms with Crippen molar-refractivity contribution < 1.29 is 4.79 Å². The minimum absolute atomic E-state index is 0.241. The third-order valence-electron chi connectivity index (χ3n) is 3.09. The van der Waals surface area contributed by atoms with E-state index in [1.54, 1.807) is 6.20 Å². The number of nitrogens with zero attached hydrogens (tertiary/aromatic N) is 2. The quantitative estimate of drug-likeness (QED) is 0.691. The zero-order valence-corrected chi connectivity index (χ0v) is 9.02. The van der Waals surface area contributed by atoms with Crippen LogP contribution in [0.25, 0.3) is 0 Å². The number of pyridine rings is 1. The molecular weight excluding hydrogens is 188 g/mol. The van der Waals surface area contributed by atoms with Crippen molar-refractivity contribution in [2.24, 2.45) is 0 Å². The van der Waals surface area contributed by atoms with Crippen LogP contribution >= 0.6 is 0 Å². The molecule has 1 aromatic heterocycles. The second kappa shape index (κ2) is 4.43. The monoisotopic (exact) mass is 204 g/mol. The highest BCUT2D eigenvalue weighted by Gasteiger charge is 2.23. The molecule has 15 heavy (non-hydrogen) atoms. The van der Waals surface area contributed by atoms with E-state index in [0.717, 1.165) is 31.5 Å². The summed E-state index contributed by atoms with van der Waals surface area (Å²) in [5, 5.41) is 0. The number of piperidine rings is 1. The number of aryl methyl sites for hydroxylation is 1. The maximum Gasteiger partial charge on any atom is 0.210 e. The van der Waals surface area contributed by atoms with Gasteiger partial charge in [-0.3, -0.25) is 9.78 Å². The van der Waals surface area contributed by atoms with Gasteiger partial charge in [0.05, 0.1) is 6.04 Å². The van der Waals surface area contributed by atoms with Crippen molar-refractivity contribution in [2.45, 2.75) is 32.2 Å². The summed E-state index contributed by atoms with van der Waals surface area (Å²) in [7, 11) is 0. The molecule has 0 aliphatic carbocycles. The molecule has 80 valence electrons. The van der Waals surface area contributed by atoms with E-state index in [0.29, 0.717) is 0 Å². The van der Waals surface area contributed by atoms with Crippen molar-refractivity contribution >= 4 is 6.41 Å². The first-order valence-electron chi connectivity index (χ1n) is 5.45. The third kappa shape index (κ3) is 2.01. The van der Waals surface area contributed by atoms with Gasteiger partial charge in [0.15, 0.2) is 0 Å². The molecular formula is C12H16N2O. The second-order valence-electron chi connectivity index (χ2n) is 4.03. The fourth-order valence-corrected chi connectivity index (χ4v) is 2.26. The van der Waals surface area contributed by atoms with Crippen LogP contribution in [0.1, 0.15) is 36.6 Å². The molecule has 1 saturated heterocycles. The van der Waals surface area contributed by atoms with E-state index in [1.807, 2.05) is 17.9 Å². The molecule has 0 unspecified atom stereocenters. The van der Waals surface area contributed by atoms with Gasteiger partial charge in [-0.15, -0.1) is 0 Å². The SMILES string of the molecule is Cc1ncccc1[C@H]1CCCCN1C=O. The molecule has 2 rings (SSSR count). The van der Waals surface area contributed by atoms with Gasteiger partial charge < -0.3 is 4.90 Å². The number of likely N-dealkylation sites (tertiary alicyclic amines) is 1. The summed E-state index contributed by atoms with van der Waals surface area (Å²) in [5.74, 6) is 0. The van der Waals surface area contributed by atoms with Crippen molar-refractivity contribution in [1.82, 2.24) is 9.88 Å². The van der Waals surface area contributed by atoms with Crippen LogP contribution in [0.3, 0.4) is 0 Å². The largest absolute Gasteiger partial charge is 0.338 e. The molecule has 1 aromatic rings. The van der Waals surface area contributed by atoms with Gasteiger partial charge in [-0.1, -0.05) is 6.07 Å². The van der Waals surface area contributed by atoms with Crippen molar-refractivity contribution in [2.75, 3.05) is 6.54 Å². The van der Waals surface area contributed by atoms with Gasteiger partial charge in [0.1, 0.15) is 0 Å². The van der Waals surface area contributed by atoms with Crippen LogP contribution in [0.5, 0.6) is 0 Å². The highest BCUT2D eigenvalue weighted by molar-refractivity contribution is 5.49. The first kappa shape index (κ1) is 10.1. The van der Waals surface area contributed by atoms with E-state index in [1.165, 1.54) is 12.0 Å². The Morgan fingerprint density at radius 3 is 3.13 bits per heavy atom. The molecule has 3 nitrogen and oxygen atoms in total.